The van der Waals surface area contributed by atoms with Crippen LogP contribution < -0.4 is 10.1 Å². The molecule has 3 amide bonds. The van der Waals surface area contributed by atoms with Gasteiger partial charge in [-0.05, 0) is 23.3 Å². The topological polar surface area (TPSA) is 61.9 Å². The molecule has 1 aliphatic rings. The Kier molecular flexibility index (Phi) is 5.73. The molecule has 1 N–H and O–H groups in total. The van der Waals surface area contributed by atoms with Gasteiger partial charge in [0.05, 0.1) is 7.11 Å². The van der Waals surface area contributed by atoms with Gasteiger partial charge in [-0.15, -0.1) is 0 Å². The summed E-state index contributed by atoms with van der Waals surface area (Å²) in [6.07, 6.45) is 0. The lowest BCUT2D eigenvalue weighted by Gasteiger charge is -2.18. The molecule has 6 heteroatoms. The van der Waals surface area contributed by atoms with Gasteiger partial charge < -0.3 is 19.9 Å². The Labute approximate surface area is 153 Å². The summed E-state index contributed by atoms with van der Waals surface area (Å²) in [6, 6.07) is 17.3. The second kappa shape index (κ2) is 8.38. The molecule has 3 rings (SSSR count). The van der Waals surface area contributed by atoms with Crippen molar-refractivity contribution in [3.63, 3.8) is 0 Å². The van der Waals surface area contributed by atoms with Gasteiger partial charge in [0.15, 0.2) is 0 Å². The molecule has 0 spiro atoms. The minimum absolute atomic E-state index is 0.0836. The second-order valence-corrected chi connectivity index (χ2v) is 6.24. The molecule has 0 atom stereocenters. The highest BCUT2D eigenvalue weighted by Crippen LogP contribution is 2.13. The van der Waals surface area contributed by atoms with Gasteiger partial charge in [0, 0.05) is 26.2 Å². The van der Waals surface area contributed by atoms with Crippen molar-refractivity contribution in [2.45, 2.75) is 13.1 Å². The van der Waals surface area contributed by atoms with Crippen LogP contribution in [0, 0.1) is 0 Å². The van der Waals surface area contributed by atoms with Crippen molar-refractivity contribution >= 4 is 11.9 Å². The fourth-order valence-electron chi connectivity index (χ4n) is 2.90. The molecule has 26 heavy (non-hydrogen) atoms. The molecule has 1 fully saturated rings. The van der Waals surface area contributed by atoms with Crippen LogP contribution in [0.1, 0.15) is 11.1 Å². The van der Waals surface area contributed by atoms with E-state index in [1.807, 2.05) is 54.6 Å². The maximum Gasteiger partial charge on any atom is 0.320 e. The Balaban J connectivity index is 1.46. The third-order valence-corrected chi connectivity index (χ3v) is 4.38. The van der Waals surface area contributed by atoms with Crippen LogP contribution in [-0.2, 0) is 17.9 Å². The number of benzene rings is 2. The molecule has 2 aromatic rings. The summed E-state index contributed by atoms with van der Waals surface area (Å²) in [5.41, 5.74) is 2.07. The SMILES string of the molecule is COc1ccc(CNC(=O)CN2CCN(Cc3ccccc3)C2=O)cc1. The number of nitrogens with one attached hydrogen (secondary N) is 1. The first-order chi connectivity index (χ1) is 12.7. The zero-order valence-corrected chi connectivity index (χ0v) is 14.9. The molecule has 0 aromatic heterocycles. The highest BCUT2D eigenvalue weighted by Gasteiger charge is 2.29. The number of rotatable bonds is 7. The molecule has 1 heterocycles. The molecule has 2 aromatic carbocycles. The van der Waals surface area contributed by atoms with Crippen molar-refractivity contribution in [1.82, 2.24) is 15.1 Å². The highest BCUT2D eigenvalue weighted by molar-refractivity contribution is 5.85. The summed E-state index contributed by atoms with van der Waals surface area (Å²) in [4.78, 5) is 28.0. The first-order valence-electron chi connectivity index (χ1n) is 8.63. The Hall–Kier alpha value is -3.02. The third-order valence-electron chi connectivity index (χ3n) is 4.38. The van der Waals surface area contributed by atoms with E-state index in [-0.39, 0.29) is 18.5 Å². The number of carbonyl (C=O) groups is 2. The maximum atomic E-state index is 12.4. The van der Waals surface area contributed by atoms with E-state index in [0.29, 0.717) is 26.2 Å². The molecule has 0 radical (unpaired) electrons. The summed E-state index contributed by atoms with van der Waals surface area (Å²) in [6.45, 7) is 2.30. The van der Waals surface area contributed by atoms with Crippen molar-refractivity contribution in [2.24, 2.45) is 0 Å². The molecule has 0 unspecified atom stereocenters. The van der Waals surface area contributed by atoms with Crippen molar-refractivity contribution in [2.75, 3.05) is 26.7 Å². The molecule has 1 aliphatic heterocycles. The number of ether oxygens (including phenoxy) is 1. The van der Waals surface area contributed by atoms with Crippen LogP contribution in [0.5, 0.6) is 5.75 Å². The van der Waals surface area contributed by atoms with E-state index in [2.05, 4.69) is 5.32 Å². The van der Waals surface area contributed by atoms with Gasteiger partial charge in [-0.2, -0.15) is 0 Å². The molecule has 1 saturated heterocycles. The fourth-order valence-corrected chi connectivity index (χ4v) is 2.90. The van der Waals surface area contributed by atoms with Crippen LogP contribution in [0.2, 0.25) is 0 Å². The number of carbonyl (C=O) groups excluding carboxylic acids is 2. The Morgan fingerprint density at radius 2 is 1.69 bits per heavy atom. The van der Waals surface area contributed by atoms with E-state index in [0.717, 1.165) is 16.9 Å². The van der Waals surface area contributed by atoms with Gasteiger partial charge in [0.1, 0.15) is 12.3 Å². The minimum Gasteiger partial charge on any atom is -0.497 e. The number of amides is 3. The predicted molar refractivity (Wildman–Crippen MR) is 98.7 cm³/mol. The smallest absolute Gasteiger partial charge is 0.320 e. The van der Waals surface area contributed by atoms with Crippen LogP contribution in [0.15, 0.2) is 54.6 Å². The molecule has 0 saturated carbocycles. The van der Waals surface area contributed by atoms with Gasteiger partial charge in [-0.25, -0.2) is 4.79 Å². The molecule has 136 valence electrons. The van der Waals surface area contributed by atoms with Gasteiger partial charge in [-0.1, -0.05) is 42.5 Å². The average Bonchev–Trinajstić information content (AvgIpc) is 3.01. The van der Waals surface area contributed by atoms with Crippen LogP contribution in [0.3, 0.4) is 0 Å². The predicted octanol–water partition coefficient (Wildman–Crippen LogP) is 2.25. The highest BCUT2D eigenvalue weighted by atomic mass is 16.5. The van der Waals surface area contributed by atoms with Gasteiger partial charge in [-0.3, -0.25) is 4.79 Å². The van der Waals surface area contributed by atoms with E-state index in [9.17, 15) is 9.59 Å². The summed E-state index contributed by atoms with van der Waals surface area (Å²) < 4.78 is 5.11. The zero-order valence-electron chi connectivity index (χ0n) is 14.9. The first-order valence-corrected chi connectivity index (χ1v) is 8.63. The van der Waals surface area contributed by atoms with E-state index >= 15 is 0 Å². The summed E-state index contributed by atoms with van der Waals surface area (Å²) >= 11 is 0. The normalized spacial score (nSPS) is 13.8. The standard InChI is InChI=1S/C20H23N3O3/c1-26-18-9-7-16(8-10-18)13-21-19(24)15-23-12-11-22(20(23)25)14-17-5-3-2-4-6-17/h2-10H,11-15H2,1H3,(H,21,24). The van der Waals surface area contributed by atoms with Crippen molar-refractivity contribution in [3.05, 3.63) is 65.7 Å². The molecular formula is C20H23N3O3. The number of hydrogen-bond donors (Lipinski definition) is 1. The van der Waals surface area contributed by atoms with Gasteiger partial charge in [0.2, 0.25) is 5.91 Å². The van der Waals surface area contributed by atoms with Gasteiger partial charge in [0.25, 0.3) is 0 Å². The first kappa shape index (κ1) is 17.8. The molecule has 0 bridgehead atoms. The number of hydrogen-bond acceptors (Lipinski definition) is 3. The number of urea groups is 1. The van der Waals surface area contributed by atoms with Crippen LogP contribution >= 0.6 is 0 Å². The molecule has 0 aliphatic carbocycles. The monoisotopic (exact) mass is 353 g/mol. The zero-order chi connectivity index (χ0) is 18.4. The van der Waals surface area contributed by atoms with E-state index in [1.165, 1.54) is 0 Å². The van der Waals surface area contributed by atoms with Crippen LogP contribution in [0.4, 0.5) is 4.79 Å². The Morgan fingerprint density at radius 1 is 1.00 bits per heavy atom. The van der Waals surface area contributed by atoms with Crippen LogP contribution in [-0.4, -0.2) is 48.5 Å². The van der Waals surface area contributed by atoms with Crippen molar-refractivity contribution in [1.29, 1.82) is 0 Å². The summed E-state index contributed by atoms with van der Waals surface area (Å²) in [5.74, 6) is 0.622. The third kappa shape index (κ3) is 4.53. The lowest BCUT2D eigenvalue weighted by Crippen LogP contribution is -2.39. The quantitative estimate of drug-likeness (QED) is 0.830. The average molecular weight is 353 g/mol. The lowest BCUT2D eigenvalue weighted by molar-refractivity contribution is -0.121. The summed E-state index contributed by atoms with van der Waals surface area (Å²) in [7, 11) is 1.62. The Bertz CT molecular complexity index is 747. The van der Waals surface area contributed by atoms with Gasteiger partial charge >= 0.3 is 6.03 Å². The summed E-state index contributed by atoms with van der Waals surface area (Å²) in [5, 5.41) is 2.86. The minimum atomic E-state index is -0.157. The lowest BCUT2D eigenvalue weighted by atomic mass is 10.2. The van der Waals surface area contributed by atoms with Crippen LogP contribution in [0.25, 0.3) is 0 Å². The molecular weight excluding hydrogens is 330 g/mol. The van der Waals surface area contributed by atoms with Crippen molar-refractivity contribution in [3.8, 4) is 5.75 Å². The van der Waals surface area contributed by atoms with E-state index < -0.39 is 0 Å². The number of nitrogens with zero attached hydrogens (tertiary/aromatic N) is 2. The van der Waals surface area contributed by atoms with Crippen molar-refractivity contribution < 1.29 is 14.3 Å². The number of methoxy groups -OCH3 is 1. The maximum absolute atomic E-state index is 12.4. The van der Waals surface area contributed by atoms with E-state index in [4.69, 9.17) is 4.74 Å². The van der Waals surface area contributed by atoms with E-state index in [1.54, 1.807) is 16.9 Å². The fraction of sp³-hybridized carbons (Fsp3) is 0.300. The Morgan fingerprint density at radius 3 is 2.38 bits per heavy atom. The largest absolute Gasteiger partial charge is 0.497 e. The second-order valence-electron chi connectivity index (χ2n) is 6.24. The molecule has 6 nitrogen and oxygen atoms in total.